The molecule has 32 heavy (non-hydrogen) atoms. The first kappa shape index (κ1) is 21.2. The van der Waals surface area contributed by atoms with Gasteiger partial charge in [0.1, 0.15) is 17.3 Å². The molecule has 0 bridgehead atoms. The highest BCUT2D eigenvalue weighted by Crippen LogP contribution is 2.48. The van der Waals surface area contributed by atoms with E-state index in [1.165, 1.54) is 37.9 Å². The minimum absolute atomic E-state index is 0.757. The fraction of sp³-hybridized carbons (Fsp3) is 0.286. The molecule has 3 aromatic rings. The van der Waals surface area contributed by atoms with Gasteiger partial charge in [-0.15, -0.1) is 0 Å². The van der Waals surface area contributed by atoms with Crippen molar-refractivity contribution in [1.29, 1.82) is 0 Å². The number of hydrogen-bond acceptors (Lipinski definition) is 4. The number of ether oxygens (including phenoxy) is 2. The van der Waals surface area contributed by atoms with Crippen LogP contribution in [0.15, 0.2) is 83.8 Å². The minimum Gasteiger partial charge on any atom is -0.494 e. The highest BCUT2D eigenvalue weighted by Gasteiger charge is 2.23. The third kappa shape index (κ3) is 5.03. The lowest BCUT2D eigenvalue weighted by molar-refractivity contribution is 0.205. The number of rotatable bonds is 7. The second-order valence-electron chi connectivity index (χ2n) is 8.30. The molecule has 2 aliphatic rings. The monoisotopic (exact) mass is 443 g/mol. The van der Waals surface area contributed by atoms with Gasteiger partial charge in [-0.05, 0) is 74.3 Å². The van der Waals surface area contributed by atoms with Crippen LogP contribution >= 0.6 is 11.8 Å². The Kier molecular flexibility index (Phi) is 6.80. The number of hydrogen-bond donors (Lipinski definition) is 0. The van der Waals surface area contributed by atoms with Crippen LogP contribution in [0.1, 0.15) is 36.8 Å². The molecule has 0 saturated carbocycles. The van der Waals surface area contributed by atoms with Crippen LogP contribution in [-0.4, -0.2) is 31.1 Å². The highest BCUT2D eigenvalue weighted by atomic mass is 32.2. The molecule has 3 aromatic carbocycles. The summed E-state index contributed by atoms with van der Waals surface area (Å²) in [6.07, 6.45) is 5.14. The smallest absolute Gasteiger partial charge is 0.149 e. The van der Waals surface area contributed by atoms with E-state index in [4.69, 9.17) is 9.47 Å². The SMILES string of the molecule is c1ccc(C2=C(c3ccc(OCCCN4CCCCC4)cc3)Oc3ccccc3S2)cc1. The fourth-order valence-corrected chi connectivity index (χ4v) is 5.35. The summed E-state index contributed by atoms with van der Waals surface area (Å²) in [6.45, 7) is 4.38. The summed E-state index contributed by atoms with van der Waals surface area (Å²) in [6, 6.07) is 27.0. The van der Waals surface area contributed by atoms with Crippen molar-refractivity contribution in [3.8, 4) is 11.5 Å². The maximum atomic E-state index is 6.40. The summed E-state index contributed by atoms with van der Waals surface area (Å²) in [5.41, 5.74) is 2.23. The number of likely N-dealkylation sites (tertiary alicyclic amines) is 1. The van der Waals surface area contributed by atoms with Crippen molar-refractivity contribution >= 4 is 22.4 Å². The summed E-state index contributed by atoms with van der Waals surface area (Å²) in [7, 11) is 0. The Morgan fingerprint density at radius 3 is 2.34 bits per heavy atom. The first-order chi connectivity index (χ1) is 15.9. The lowest BCUT2D eigenvalue weighted by Gasteiger charge is -2.26. The van der Waals surface area contributed by atoms with Crippen LogP contribution in [0.5, 0.6) is 11.5 Å². The average Bonchev–Trinajstić information content (AvgIpc) is 2.87. The zero-order valence-corrected chi connectivity index (χ0v) is 19.2. The van der Waals surface area contributed by atoms with Gasteiger partial charge in [0, 0.05) is 12.1 Å². The van der Waals surface area contributed by atoms with Gasteiger partial charge >= 0.3 is 0 Å². The quantitative estimate of drug-likeness (QED) is 0.368. The molecule has 1 fully saturated rings. The van der Waals surface area contributed by atoms with E-state index in [1.807, 2.05) is 18.2 Å². The molecule has 0 radical (unpaired) electrons. The zero-order chi connectivity index (χ0) is 21.6. The van der Waals surface area contributed by atoms with Crippen LogP contribution in [0, 0.1) is 0 Å². The molecule has 1 saturated heterocycles. The standard InChI is InChI=1S/C28H29NO2S/c1-3-10-23(11-4-1)28-27(31-25-12-5-6-13-26(25)32-28)22-14-16-24(17-15-22)30-21-9-20-29-18-7-2-8-19-29/h1,3-6,10-17H,2,7-9,18-21H2. The summed E-state index contributed by atoms with van der Waals surface area (Å²) in [5.74, 6) is 2.72. The number of fused-ring (bicyclic) bond motifs is 1. The second kappa shape index (κ2) is 10.3. The summed E-state index contributed by atoms with van der Waals surface area (Å²) >= 11 is 1.77. The molecule has 0 amide bonds. The Hall–Kier alpha value is -2.69. The van der Waals surface area contributed by atoms with E-state index in [9.17, 15) is 0 Å². The van der Waals surface area contributed by atoms with Gasteiger partial charge in [0.25, 0.3) is 0 Å². The number of thioether (sulfide) groups is 1. The van der Waals surface area contributed by atoms with Crippen LogP contribution in [0.2, 0.25) is 0 Å². The van der Waals surface area contributed by atoms with Crippen LogP contribution in [0.4, 0.5) is 0 Å². The van der Waals surface area contributed by atoms with Gasteiger partial charge in [0.15, 0.2) is 0 Å². The van der Waals surface area contributed by atoms with Gasteiger partial charge in [-0.1, -0.05) is 60.6 Å². The molecule has 0 aliphatic carbocycles. The van der Waals surface area contributed by atoms with Crippen molar-refractivity contribution in [2.24, 2.45) is 0 Å². The molecule has 0 aromatic heterocycles. The molecule has 3 nitrogen and oxygen atoms in total. The third-order valence-corrected chi connectivity index (χ3v) is 7.15. The summed E-state index contributed by atoms with van der Waals surface area (Å²) in [4.78, 5) is 4.84. The molecule has 2 aliphatic heterocycles. The Morgan fingerprint density at radius 1 is 0.781 bits per heavy atom. The molecule has 0 N–H and O–H groups in total. The van der Waals surface area contributed by atoms with Crippen molar-refractivity contribution < 1.29 is 9.47 Å². The van der Waals surface area contributed by atoms with E-state index in [0.717, 1.165) is 52.2 Å². The fourth-order valence-electron chi connectivity index (χ4n) is 4.26. The van der Waals surface area contributed by atoms with E-state index >= 15 is 0 Å². The molecule has 4 heteroatoms. The maximum Gasteiger partial charge on any atom is 0.149 e. The Labute approximate surface area is 195 Å². The van der Waals surface area contributed by atoms with Gasteiger partial charge in [0.2, 0.25) is 0 Å². The predicted molar refractivity (Wildman–Crippen MR) is 133 cm³/mol. The molecular formula is C28H29NO2S. The highest BCUT2D eigenvalue weighted by molar-refractivity contribution is 8.08. The molecule has 0 spiro atoms. The number of nitrogens with zero attached hydrogens (tertiary/aromatic N) is 1. The summed E-state index contributed by atoms with van der Waals surface area (Å²) < 4.78 is 12.4. The van der Waals surface area contributed by atoms with Crippen LogP contribution < -0.4 is 9.47 Å². The van der Waals surface area contributed by atoms with Gasteiger partial charge in [0.05, 0.1) is 16.4 Å². The van der Waals surface area contributed by atoms with Gasteiger partial charge in [-0.3, -0.25) is 0 Å². The van der Waals surface area contributed by atoms with E-state index in [2.05, 4.69) is 65.6 Å². The molecule has 2 heterocycles. The molecule has 164 valence electrons. The number of para-hydroxylation sites is 1. The maximum absolute atomic E-state index is 6.40. The van der Waals surface area contributed by atoms with Crippen molar-refractivity contribution in [2.45, 2.75) is 30.6 Å². The Morgan fingerprint density at radius 2 is 1.53 bits per heavy atom. The lowest BCUT2D eigenvalue weighted by atomic mass is 10.1. The van der Waals surface area contributed by atoms with Crippen molar-refractivity contribution in [3.63, 3.8) is 0 Å². The van der Waals surface area contributed by atoms with E-state index in [-0.39, 0.29) is 0 Å². The minimum atomic E-state index is 0.757. The molecule has 0 atom stereocenters. The molecule has 0 unspecified atom stereocenters. The molecule has 5 rings (SSSR count). The van der Waals surface area contributed by atoms with Crippen molar-refractivity contribution in [1.82, 2.24) is 4.90 Å². The van der Waals surface area contributed by atoms with Crippen molar-refractivity contribution in [2.75, 3.05) is 26.2 Å². The average molecular weight is 444 g/mol. The Bertz CT molecular complexity index is 1060. The lowest BCUT2D eigenvalue weighted by Crippen LogP contribution is -2.31. The predicted octanol–water partition coefficient (Wildman–Crippen LogP) is 6.95. The van der Waals surface area contributed by atoms with Crippen LogP contribution in [-0.2, 0) is 0 Å². The van der Waals surface area contributed by atoms with E-state index in [1.54, 1.807) is 11.8 Å². The number of piperidine rings is 1. The van der Waals surface area contributed by atoms with Gasteiger partial charge < -0.3 is 14.4 Å². The van der Waals surface area contributed by atoms with Gasteiger partial charge in [-0.25, -0.2) is 0 Å². The largest absolute Gasteiger partial charge is 0.494 e. The first-order valence-corrected chi connectivity index (χ1v) is 12.4. The second-order valence-corrected chi connectivity index (χ2v) is 9.36. The molecular weight excluding hydrogens is 414 g/mol. The van der Waals surface area contributed by atoms with E-state index in [0.29, 0.717) is 0 Å². The van der Waals surface area contributed by atoms with E-state index < -0.39 is 0 Å². The van der Waals surface area contributed by atoms with Crippen LogP contribution in [0.25, 0.3) is 10.7 Å². The first-order valence-electron chi connectivity index (χ1n) is 11.6. The van der Waals surface area contributed by atoms with Crippen LogP contribution in [0.3, 0.4) is 0 Å². The Balaban J connectivity index is 1.29. The van der Waals surface area contributed by atoms with Crippen molar-refractivity contribution in [3.05, 3.63) is 90.0 Å². The normalized spacial score (nSPS) is 16.4. The van der Waals surface area contributed by atoms with Gasteiger partial charge in [-0.2, -0.15) is 0 Å². The number of benzene rings is 3. The topological polar surface area (TPSA) is 21.7 Å². The zero-order valence-electron chi connectivity index (χ0n) is 18.3. The third-order valence-electron chi connectivity index (χ3n) is 5.97. The summed E-state index contributed by atoms with van der Waals surface area (Å²) in [5, 5.41) is 0.